The van der Waals surface area contributed by atoms with E-state index in [9.17, 15) is 18.3 Å². The molecule has 0 fully saturated rings. The van der Waals surface area contributed by atoms with Gasteiger partial charge in [0.15, 0.2) is 0 Å². The quantitative estimate of drug-likeness (QED) is 0.674. The molecule has 1 aliphatic rings. The second kappa shape index (κ2) is 7.55. The van der Waals surface area contributed by atoms with Gasteiger partial charge in [-0.1, -0.05) is 24.3 Å². The molecule has 7 nitrogen and oxygen atoms in total. The number of benzene rings is 2. The number of fused-ring (bicyclic) bond motifs is 1. The first-order valence-electron chi connectivity index (χ1n) is 9.85. The number of aliphatic hydroxyl groups is 1. The Labute approximate surface area is 181 Å². The van der Waals surface area contributed by atoms with Crippen LogP contribution in [0, 0.1) is 0 Å². The first kappa shape index (κ1) is 21.1. The molecule has 0 aliphatic carbocycles. The summed E-state index contributed by atoms with van der Waals surface area (Å²) in [5.74, 6) is 0.428. The van der Waals surface area contributed by atoms with E-state index in [-0.39, 0.29) is 10.5 Å². The molecule has 2 aromatic carbocycles. The number of sulfonamides is 1. The van der Waals surface area contributed by atoms with Crippen LogP contribution in [0.5, 0.6) is 5.75 Å². The molecular formula is C23H24N2O5S. The molecule has 0 bridgehead atoms. The van der Waals surface area contributed by atoms with Gasteiger partial charge in [0.25, 0.3) is 15.6 Å². The van der Waals surface area contributed by atoms with E-state index in [1.807, 2.05) is 6.07 Å². The third-order valence-corrected chi connectivity index (χ3v) is 7.39. The van der Waals surface area contributed by atoms with Gasteiger partial charge < -0.3 is 14.4 Å². The number of hydrogen-bond acceptors (Lipinski definition) is 5. The Morgan fingerprint density at radius 2 is 1.71 bits per heavy atom. The molecule has 2 heterocycles. The monoisotopic (exact) mass is 440 g/mol. The fourth-order valence-corrected chi connectivity index (χ4v) is 5.04. The summed E-state index contributed by atoms with van der Waals surface area (Å²) in [5, 5.41) is 11.1. The summed E-state index contributed by atoms with van der Waals surface area (Å²) in [6.07, 6.45) is 0.503. The molecule has 8 heteroatoms. The molecule has 1 N–H and O–H groups in total. The predicted molar refractivity (Wildman–Crippen MR) is 118 cm³/mol. The zero-order valence-electron chi connectivity index (χ0n) is 17.5. The van der Waals surface area contributed by atoms with Gasteiger partial charge in [-0.05, 0) is 50.2 Å². The first-order chi connectivity index (χ1) is 14.6. The largest absolute Gasteiger partial charge is 0.485 e. The molecule has 162 valence electrons. The van der Waals surface area contributed by atoms with Crippen LogP contribution in [0.2, 0.25) is 0 Å². The summed E-state index contributed by atoms with van der Waals surface area (Å²) in [6, 6.07) is 17.2. The van der Waals surface area contributed by atoms with Gasteiger partial charge in [0.05, 0.1) is 16.6 Å². The molecule has 0 radical (unpaired) electrons. The normalized spacial score (nSPS) is 19.9. The van der Waals surface area contributed by atoms with Gasteiger partial charge >= 0.3 is 0 Å². The number of aliphatic hydroxyl groups excluding tert-OH is 1. The molecule has 0 spiro atoms. The van der Waals surface area contributed by atoms with E-state index in [4.69, 9.17) is 4.74 Å². The van der Waals surface area contributed by atoms with Crippen molar-refractivity contribution < 1.29 is 18.3 Å². The SMILES string of the molecule is CN(c1ccccc1)S(=O)(=O)c1ccc2c(c1)[C@H](n1ccccc1=O)[C@@H](O)C(C)(C)O2. The van der Waals surface area contributed by atoms with Crippen LogP contribution in [0.3, 0.4) is 0 Å². The van der Waals surface area contributed by atoms with Crippen molar-refractivity contribution in [2.24, 2.45) is 0 Å². The number of para-hydroxylation sites is 1. The van der Waals surface area contributed by atoms with E-state index in [1.165, 1.54) is 34.1 Å². The fourth-order valence-electron chi connectivity index (χ4n) is 3.81. The number of nitrogens with zero attached hydrogens (tertiary/aromatic N) is 2. The zero-order chi connectivity index (χ0) is 22.4. The van der Waals surface area contributed by atoms with Gasteiger partial charge in [-0.15, -0.1) is 0 Å². The molecule has 0 unspecified atom stereocenters. The van der Waals surface area contributed by atoms with Crippen molar-refractivity contribution >= 4 is 15.7 Å². The number of anilines is 1. The van der Waals surface area contributed by atoms with Crippen molar-refractivity contribution in [2.75, 3.05) is 11.4 Å². The Morgan fingerprint density at radius 1 is 1.03 bits per heavy atom. The lowest BCUT2D eigenvalue weighted by molar-refractivity contribution is -0.0643. The van der Waals surface area contributed by atoms with Gasteiger partial charge in [0.1, 0.15) is 17.5 Å². The van der Waals surface area contributed by atoms with Gasteiger partial charge in [0.2, 0.25) is 0 Å². The molecular weight excluding hydrogens is 416 g/mol. The van der Waals surface area contributed by atoms with Gasteiger partial charge in [-0.2, -0.15) is 0 Å². The molecule has 1 aromatic heterocycles. The zero-order valence-corrected chi connectivity index (χ0v) is 18.3. The Morgan fingerprint density at radius 3 is 2.39 bits per heavy atom. The third-order valence-electron chi connectivity index (χ3n) is 5.61. The fraction of sp³-hybridized carbons (Fsp3) is 0.261. The maximum Gasteiger partial charge on any atom is 0.264 e. The number of aromatic nitrogens is 1. The van der Waals surface area contributed by atoms with Crippen LogP contribution < -0.4 is 14.6 Å². The molecule has 3 aromatic rings. The van der Waals surface area contributed by atoms with E-state index < -0.39 is 27.8 Å². The summed E-state index contributed by atoms with van der Waals surface area (Å²) in [7, 11) is -2.39. The highest BCUT2D eigenvalue weighted by Gasteiger charge is 2.44. The van der Waals surface area contributed by atoms with Crippen molar-refractivity contribution in [1.82, 2.24) is 4.57 Å². The highest BCUT2D eigenvalue weighted by atomic mass is 32.2. The number of rotatable bonds is 4. The van der Waals surface area contributed by atoms with E-state index in [0.717, 1.165) is 0 Å². The summed E-state index contributed by atoms with van der Waals surface area (Å²) >= 11 is 0. The van der Waals surface area contributed by atoms with Crippen LogP contribution in [0.4, 0.5) is 5.69 Å². The first-order valence-corrected chi connectivity index (χ1v) is 11.3. The Bertz CT molecular complexity index is 1270. The van der Waals surface area contributed by atoms with Gasteiger partial charge in [-0.25, -0.2) is 8.42 Å². The minimum atomic E-state index is -3.88. The summed E-state index contributed by atoms with van der Waals surface area (Å²) in [5.41, 5.74) is -0.324. The molecule has 0 saturated heterocycles. The van der Waals surface area contributed by atoms with Crippen LogP contribution in [0.15, 0.2) is 82.6 Å². The van der Waals surface area contributed by atoms with Crippen LogP contribution in [0.25, 0.3) is 0 Å². The predicted octanol–water partition coefficient (Wildman–Crippen LogP) is 2.79. The minimum absolute atomic E-state index is 0.0436. The van der Waals surface area contributed by atoms with E-state index in [0.29, 0.717) is 17.0 Å². The van der Waals surface area contributed by atoms with Gasteiger partial charge in [0, 0.05) is 24.9 Å². The van der Waals surface area contributed by atoms with E-state index >= 15 is 0 Å². The molecule has 31 heavy (non-hydrogen) atoms. The number of pyridine rings is 1. The topological polar surface area (TPSA) is 88.8 Å². The average molecular weight is 441 g/mol. The lowest BCUT2D eigenvalue weighted by Gasteiger charge is -2.42. The highest BCUT2D eigenvalue weighted by Crippen LogP contribution is 2.42. The molecule has 4 rings (SSSR count). The minimum Gasteiger partial charge on any atom is -0.485 e. The summed E-state index contributed by atoms with van der Waals surface area (Å²) < 4.78 is 35.1. The third kappa shape index (κ3) is 3.62. The molecule has 0 saturated carbocycles. The smallest absolute Gasteiger partial charge is 0.264 e. The van der Waals surface area contributed by atoms with E-state index in [1.54, 1.807) is 62.5 Å². The Balaban J connectivity index is 1.87. The van der Waals surface area contributed by atoms with Crippen LogP contribution in [-0.4, -0.2) is 36.8 Å². The van der Waals surface area contributed by atoms with Crippen molar-refractivity contribution in [1.29, 1.82) is 0 Å². The Hall–Kier alpha value is -3.10. The van der Waals surface area contributed by atoms with Crippen molar-refractivity contribution in [3.05, 3.63) is 88.8 Å². The number of ether oxygens (including phenoxy) is 1. The van der Waals surface area contributed by atoms with Crippen LogP contribution >= 0.6 is 0 Å². The second-order valence-electron chi connectivity index (χ2n) is 8.05. The lowest BCUT2D eigenvalue weighted by atomic mass is 9.86. The van der Waals surface area contributed by atoms with Crippen molar-refractivity contribution in [3.8, 4) is 5.75 Å². The number of hydrogen-bond donors (Lipinski definition) is 1. The standard InChI is InChI=1S/C23H24N2O5S/c1-23(2)22(27)21(25-14-8-7-11-20(25)26)18-15-17(12-13-19(18)30-23)31(28,29)24(3)16-9-5-4-6-10-16/h4-15,21-22,27H,1-3H3/t21-,22+/m0/s1. The van der Waals surface area contributed by atoms with Crippen molar-refractivity contribution in [3.63, 3.8) is 0 Å². The summed E-state index contributed by atoms with van der Waals surface area (Å²) in [6.45, 7) is 3.46. The van der Waals surface area contributed by atoms with Crippen LogP contribution in [-0.2, 0) is 10.0 Å². The van der Waals surface area contributed by atoms with Gasteiger partial charge in [-0.3, -0.25) is 9.10 Å². The summed E-state index contributed by atoms with van der Waals surface area (Å²) in [4.78, 5) is 12.6. The Kier molecular flexibility index (Phi) is 5.15. The maximum absolute atomic E-state index is 13.3. The molecule has 0 amide bonds. The van der Waals surface area contributed by atoms with Crippen molar-refractivity contribution in [2.45, 2.75) is 36.5 Å². The van der Waals surface area contributed by atoms with E-state index in [2.05, 4.69) is 0 Å². The highest BCUT2D eigenvalue weighted by molar-refractivity contribution is 7.92. The average Bonchev–Trinajstić information content (AvgIpc) is 2.75. The lowest BCUT2D eigenvalue weighted by Crippen LogP contribution is -2.52. The van der Waals surface area contributed by atoms with Crippen LogP contribution in [0.1, 0.15) is 25.5 Å². The second-order valence-corrected chi connectivity index (χ2v) is 10.0. The molecule has 1 aliphatic heterocycles. The molecule has 2 atom stereocenters. The maximum atomic E-state index is 13.3.